The molecule has 0 amide bonds. The monoisotopic (exact) mass is 337 g/mol. The van der Waals surface area contributed by atoms with Crippen LogP contribution in [0.15, 0.2) is 22.7 Å². The van der Waals surface area contributed by atoms with Crippen molar-refractivity contribution in [2.45, 2.75) is 66.3 Å². The molecule has 0 atom stereocenters. The molecule has 1 N–H and O–H groups in total. The molecule has 1 saturated carbocycles. The van der Waals surface area contributed by atoms with Gasteiger partial charge in [-0.25, -0.2) is 0 Å². The predicted molar refractivity (Wildman–Crippen MR) is 92.3 cm³/mol. The van der Waals surface area contributed by atoms with E-state index in [0.29, 0.717) is 16.9 Å². The smallest absolute Gasteiger partial charge is 0.0375 e. The van der Waals surface area contributed by atoms with E-state index in [9.17, 15) is 0 Å². The van der Waals surface area contributed by atoms with Crippen molar-refractivity contribution in [1.82, 2.24) is 0 Å². The first-order chi connectivity index (χ1) is 9.21. The Bertz CT molecular complexity index is 460. The number of rotatable bonds is 3. The molecule has 0 radical (unpaired) electrons. The first-order valence-electron chi connectivity index (χ1n) is 7.76. The van der Waals surface area contributed by atoms with Crippen molar-refractivity contribution in [3.8, 4) is 0 Å². The van der Waals surface area contributed by atoms with Crippen LogP contribution in [0.25, 0.3) is 0 Å². The zero-order chi connectivity index (χ0) is 15.0. The first kappa shape index (κ1) is 15.9. The van der Waals surface area contributed by atoms with Crippen molar-refractivity contribution >= 4 is 21.6 Å². The quantitative estimate of drug-likeness (QED) is 0.710. The third-order valence-corrected chi connectivity index (χ3v) is 4.86. The highest BCUT2D eigenvalue weighted by molar-refractivity contribution is 9.10. The minimum Gasteiger partial charge on any atom is -0.382 e. The van der Waals surface area contributed by atoms with E-state index in [1.54, 1.807) is 0 Å². The maximum absolute atomic E-state index is 3.82. The van der Waals surface area contributed by atoms with E-state index in [4.69, 9.17) is 0 Å². The fourth-order valence-electron chi connectivity index (χ4n) is 4.16. The van der Waals surface area contributed by atoms with Crippen molar-refractivity contribution in [2.75, 3.05) is 5.32 Å². The Kier molecular flexibility index (Phi) is 4.53. The molecule has 2 heteroatoms. The minimum atomic E-state index is 0.432. The summed E-state index contributed by atoms with van der Waals surface area (Å²) in [7, 11) is 0. The van der Waals surface area contributed by atoms with Crippen LogP contribution in [0.3, 0.4) is 0 Å². The Morgan fingerprint density at radius 3 is 2.30 bits per heavy atom. The third kappa shape index (κ3) is 4.00. The number of nitrogens with one attached hydrogen (secondary N) is 1. The average molecular weight is 338 g/mol. The van der Waals surface area contributed by atoms with Gasteiger partial charge in [0.05, 0.1) is 0 Å². The van der Waals surface area contributed by atoms with Gasteiger partial charge >= 0.3 is 0 Å². The van der Waals surface area contributed by atoms with Gasteiger partial charge in [-0.2, -0.15) is 0 Å². The highest BCUT2D eigenvalue weighted by atomic mass is 79.9. The molecular weight excluding hydrogens is 310 g/mol. The summed E-state index contributed by atoms with van der Waals surface area (Å²) < 4.78 is 1.17. The molecule has 1 fully saturated rings. The molecule has 1 aromatic carbocycles. The molecule has 0 spiro atoms. The molecule has 1 aliphatic rings. The highest BCUT2D eigenvalue weighted by Gasteiger charge is 2.38. The summed E-state index contributed by atoms with van der Waals surface area (Å²) in [6.45, 7) is 11.9. The lowest BCUT2D eigenvalue weighted by Gasteiger charge is -2.45. The van der Waals surface area contributed by atoms with Gasteiger partial charge in [0, 0.05) is 16.2 Å². The van der Waals surface area contributed by atoms with E-state index < -0.39 is 0 Å². The van der Waals surface area contributed by atoms with Gasteiger partial charge < -0.3 is 5.32 Å². The van der Waals surface area contributed by atoms with Crippen LogP contribution in [-0.2, 0) is 6.42 Å². The summed E-state index contributed by atoms with van der Waals surface area (Å²) in [6, 6.07) is 7.18. The van der Waals surface area contributed by atoms with Crippen molar-refractivity contribution < 1.29 is 0 Å². The van der Waals surface area contributed by atoms with Gasteiger partial charge in [0.1, 0.15) is 0 Å². The van der Waals surface area contributed by atoms with E-state index in [0.717, 1.165) is 6.42 Å². The number of benzene rings is 1. The van der Waals surface area contributed by atoms with Gasteiger partial charge in [0.15, 0.2) is 0 Å². The Morgan fingerprint density at radius 2 is 1.75 bits per heavy atom. The Hall–Kier alpha value is -0.500. The molecule has 1 nitrogen and oxygen atoms in total. The van der Waals surface area contributed by atoms with E-state index >= 15 is 0 Å². The maximum Gasteiger partial charge on any atom is 0.0375 e. The van der Waals surface area contributed by atoms with Gasteiger partial charge in [-0.15, -0.1) is 0 Å². The van der Waals surface area contributed by atoms with Gasteiger partial charge in [-0.05, 0) is 60.3 Å². The summed E-state index contributed by atoms with van der Waals surface area (Å²) in [5.41, 5.74) is 3.58. The zero-order valence-electron chi connectivity index (χ0n) is 13.5. The summed E-state index contributed by atoms with van der Waals surface area (Å²) in [6.07, 6.45) is 4.91. The Labute approximate surface area is 132 Å². The molecular formula is C18H28BrN. The van der Waals surface area contributed by atoms with Crippen LogP contribution < -0.4 is 5.32 Å². The highest BCUT2D eigenvalue weighted by Crippen LogP contribution is 2.46. The molecule has 0 unspecified atom stereocenters. The van der Waals surface area contributed by atoms with E-state index in [1.807, 2.05) is 0 Å². The minimum absolute atomic E-state index is 0.432. The Morgan fingerprint density at radius 1 is 1.15 bits per heavy atom. The van der Waals surface area contributed by atoms with Gasteiger partial charge in [-0.3, -0.25) is 0 Å². The van der Waals surface area contributed by atoms with E-state index in [-0.39, 0.29) is 0 Å². The van der Waals surface area contributed by atoms with E-state index in [1.165, 1.54) is 35.0 Å². The lowest BCUT2D eigenvalue weighted by Crippen LogP contribution is -2.40. The van der Waals surface area contributed by atoms with Crippen LogP contribution in [0.4, 0.5) is 5.69 Å². The fraction of sp³-hybridized carbons (Fsp3) is 0.667. The molecule has 1 aromatic rings. The summed E-state index contributed by atoms with van der Waals surface area (Å²) >= 11 is 3.57. The van der Waals surface area contributed by atoms with Gasteiger partial charge in [0.2, 0.25) is 0 Å². The fourth-order valence-corrected chi connectivity index (χ4v) is 4.57. The topological polar surface area (TPSA) is 12.0 Å². The zero-order valence-corrected chi connectivity index (χ0v) is 15.1. The van der Waals surface area contributed by atoms with Crippen LogP contribution in [0.2, 0.25) is 0 Å². The SMILES string of the molecule is CCc1cc(Br)ccc1NC1CC(C)(C)CC(C)(C)C1. The number of hydrogen-bond donors (Lipinski definition) is 1. The van der Waals surface area contributed by atoms with Crippen LogP contribution in [0.5, 0.6) is 0 Å². The molecule has 20 heavy (non-hydrogen) atoms. The summed E-state index contributed by atoms with van der Waals surface area (Å²) in [5.74, 6) is 0. The summed E-state index contributed by atoms with van der Waals surface area (Å²) in [5, 5.41) is 3.82. The second-order valence-electron chi connectivity index (χ2n) is 7.91. The number of hydrogen-bond acceptors (Lipinski definition) is 1. The predicted octanol–water partition coefficient (Wildman–Crippen LogP) is 6.03. The third-order valence-electron chi connectivity index (χ3n) is 4.36. The van der Waals surface area contributed by atoms with Crippen molar-refractivity contribution in [3.05, 3.63) is 28.2 Å². The lowest BCUT2D eigenvalue weighted by atomic mass is 9.63. The van der Waals surface area contributed by atoms with Crippen molar-refractivity contribution in [2.24, 2.45) is 10.8 Å². The summed E-state index contributed by atoms with van der Waals surface area (Å²) in [4.78, 5) is 0. The van der Waals surface area contributed by atoms with Crippen LogP contribution >= 0.6 is 15.9 Å². The van der Waals surface area contributed by atoms with Crippen molar-refractivity contribution in [3.63, 3.8) is 0 Å². The first-order valence-corrected chi connectivity index (χ1v) is 8.55. The largest absolute Gasteiger partial charge is 0.382 e. The Balaban J connectivity index is 2.17. The van der Waals surface area contributed by atoms with Gasteiger partial charge in [0.25, 0.3) is 0 Å². The molecule has 0 bridgehead atoms. The van der Waals surface area contributed by atoms with Crippen LogP contribution in [0.1, 0.15) is 59.4 Å². The average Bonchev–Trinajstić information content (AvgIpc) is 2.27. The lowest BCUT2D eigenvalue weighted by molar-refractivity contribution is 0.105. The normalized spacial score (nSPS) is 21.7. The molecule has 0 heterocycles. The van der Waals surface area contributed by atoms with Crippen LogP contribution in [0, 0.1) is 10.8 Å². The standard InChI is InChI=1S/C18H28BrN/c1-6-13-9-14(19)7-8-16(13)20-15-10-17(2,3)12-18(4,5)11-15/h7-9,15,20H,6,10-12H2,1-5H3. The second-order valence-corrected chi connectivity index (χ2v) is 8.83. The molecule has 2 rings (SSSR count). The van der Waals surface area contributed by atoms with Crippen molar-refractivity contribution in [1.29, 1.82) is 0 Å². The molecule has 0 aliphatic heterocycles. The van der Waals surface area contributed by atoms with Crippen LogP contribution in [-0.4, -0.2) is 6.04 Å². The maximum atomic E-state index is 3.82. The molecule has 112 valence electrons. The van der Waals surface area contributed by atoms with E-state index in [2.05, 4.69) is 74.1 Å². The number of aryl methyl sites for hydroxylation is 1. The molecule has 0 aromatic heterocycles. The number of halogens is 1. The van der Waals surface area contributed by atoms with Gasteiger partial charge in [-0.1, -0.05) is 50.5 Å². The molecule has 1 aliphatic carbocycles. The second kappa shape index (κ2) is 5.71. The number of anilines is 1. The molecule has 0 saturated heterocycles.